The smallest absolute Gasteiger partial charge is 0.266 e. The van der Waals surface area contributed by atoms with Gasteiger partial charge in [-0.3, -0.25) is 9.48 Å². The third kappa shape index (κ3) is 4.78. The van der Waals surface area contributed by atoms with Crippen molar-refractivity contribution in [1.82, 2.24) is 24.5 Å². The molecule has 1 aliphatic rings. The molecule has 6 heteroatoms. The molecule has 1 fully saturated rings. The quantitative estimate of drug-likeness (QED) is 0.835. The molecule has 2 aromatic heterocycles. The van der Waals surface area contributed by atoms with Gasteiger partial charge in [-0.2, -0.15) is 10.2 Å². The molecule has 0 aliphatic carbocycles. The van der Waals surface area contributed by atoms with Gasteiger partial charge in [0.25, 0.3) is 5.56 Å². The number of piperidine rings is 1. The minimum atomic E-state index is -0.0364. The molecule has 2 aromatic rings. The Kier molecular flexibility index (Phi) is 5.37. The van der Waals surface area contributed by atoms with Gasteiger partial charge in [-0.25, -0.2) is 4.68 Å². The first-order valence-corrected chi connectivity index (χ1v) is 9.20. The van der Waals surface area contributed by atoms with Crippen LogP contribution in [0, 0.1) is 5.92 Å². The van der Waals surface area contributed by atoms with E-state index in [2.05, 4.69) is 35.9 Å². The number of rotatable bonds is 5. The van der Waals surface area contributed by atoms with Crippen molar-refractivity contribution in [3.8, 4) is 0 Å². The van der Waals surface area contributed by atoms with Crippen molar-refractivity contribution < 1.29 is 0 Å². The Bertz CT molecular complexity index is 721. The van der Waals surface area contributed by atoms with Gasteiger partial charge in [-0.15, -0.1) is 0 Å². The average Bonchev–Trinajstić information content (AvgIpc) is 3.09. The zero-order valence-corrected chi connectivity index (χ0v) is 15.6. The summed E-state index contributed by atoms with van der Waals surface area (Å²) in [5, 5.41) is 8.86. The largest absolute Gasteiger partial charge is 0.301 e. The summed E-state index contributed by atoms with van der Waals surface area (Å²) in [5.41, 5.74) is 0.948. The third-order valence-electron chi connectivity index (χ3n) is 4.98. The van der Waals surface area contributed by atoms with Crippen LogP contribution >= 0.6 is 0 Å². The van der Waals surface area contributed by atoms with Crippen LogP contribution in [0.1, 0.15) is 39.3 Å². The van der Waals surface area contributed by atoms with Gasteiger partial charge in [0.2, 0.25) is 0 Å². The molecule has 6 nitrogen and oxygen atoms in total. The molecule has 1 aliphatic heterocycles. The number of aromatic nitrogens is 4. The van der Waals surface area contributed by atoms with E-state index in [1.807, 2.05) is 29.2 Å². The molecule has 3 heterocycles. The maximum atomic E-state index is 12.2. The molecule has 0 aromatic carbocycles. The molecular weight excluding hydrogens is 314 g/mol. The maximum Gasteiger partial charge on any atom is 0.266 e. The first-order valence-electron chi connectivity index (χ1n) is 9.20. The minimum absolute atomic E-state index is 0.00844. The van der Waals surface area contributed by atoms with E-state index in [4.69, 9.17) is 0 Å². The molecule has 0 radical (unpaired) electrons. The summed E-state index contributed by atoms with van der Waals surface area (Å²) in [6.07, 6.45) is 6.07. The van der Waals surface area contributed by atoms with Gasteiger partial charge in [0, 0.05) is 37.0 Å². The van der Waals surface area contributed by atoms with Gasteiger partial charge in [0.15, 0.2) is 0 Å². The van der Waals surface area contributed by atoms with Crippen LogP contribution in [0.4, 0.5) is 0 Å². The van der Waals surface area contributed by atoms with Crippen molar-refractivity contribution in [2.75, 3.05) is 19.6 Å². The summed E-state index contributed by atoms with van der Waals surface area (Å²) < 4.78 is 3.65. The van der Waals surface area contributed by atoms with Crippen molar-refractivity contribution in [2.45, 2.75) is 52.1 Å². The fraction of sp³-hybridized carbons (Fsp3) is 0.632. The van der Waals surface area contributed by atoms with Gasteiger partial charge < -0.3 is 4.90 Å². The Balaban J connectivity index is 1.53. The van der Waals surface area contributed by atoms with Gasteiger partial charge in [0.05, 0.1) is 12.2 Å². The SMILES string of the molecule is CC(C)(C)c1ccc(=O)n(CC2CCN(CCn3cccn3)CC2)n1. The molecule has 0 spiro atoms. The molecule has 0 N–H and O–H groups in total. The lowest BCUT2D eigenvalue weighted by molar-refractivity contribution is 0.163. The topological polar surface area (TPSA) is 56.0 Å². The predicted molar refractivity (Wildman–Crippen MR) is 98.6 cm³/mol. The lowest BCUT2D eigenvalue weighted by atomic mass is 9.92. The molecule has 3 rings (SSSR count). The highest BCUT2D eigenvalue weighted by atomic mass is 16.1. The number of nitrogens with zero attached hydrogens (tertiary/aromatic N) is 5. The Hall–Kier alpha value is -1.95. The highest BCUT2D eigenvalue weighted by molar-refractivity contribution is 5.10. The van der Waals surface area contributed by atoms with Crippen molar-refractivity contribution in [2.24, 2.45) is 5.92 Å². The predicted octanol–water partition coefficient (Wildman–Crippen LogP) is 2.15. The second-order valence-corrected chi connectivity index (χ2v) is 8.04. The van der Waals surface area contributed by atoms with Gasteiger partial charge in [-0.05, 0) is 44.0 Å². The summed E-state index contributed by atoms with van der Waals surface area (Å²) in [4.78, 5) is 14.6. The first kappa shape index (κ1) is 17.9. The monoisotopic (exact) mass is 343 g/mol. The fourth-order valence-electron chi connectivity index (χ4n) is 3.29. The zero-order chi connectivity index (χ0) is 17.9. The lowest BCUT2D eigenvalue weighted by Crippen LogP contribution is -2.38. The summed E-state index contributed by atoms with van der Waals surface area (Å²) >= 11 is 0. The van der Waals surface area contributed by atoms with Crippen LogP contribution < -0.4 is 5.56 Å². The molecule has 136 valence electrons. The molecule has 0 atom stereocenters. The number of hydrogen-bond acceptors (Lipinski definition) is 4. The van der Waals surface area contributed by atoms with Gasteiger partial charge in [0.1, 0.15) is 0 Å². The van der Waals surface area contributed by atoms with Crippen molar-refractivity contribution in [1.29, 1.82) is 0 Å². The van der Waals surface area contributed by atoms with E-state index >= 15 is 0 Å². The van der Waals surface area contributed by atoms with E-state index in [0.29, 0.717) is 5.92 Å². The van der Waals surface area contributed by atoms with Gasteiger partial charge in [-0.1, -0.05) is 20.8 Å². The van der Waals surface area contributed by atoms with Crippen molar-refractivity contribution in [3.05, 3.63) is 46.6 Å². The molecule has 0 unspecified atom stereocenters. The molecule has 0 saturated carbocycles. The zero-order valence-electron chi connectivity index (χ0n) is 15.6. The van der Waals surface area contributed by atoms with E-state index in [9.17, 15) is 4.79 Å². The molecular formula is C19H29N5O. The summed E-state index contributed by atoms with van der Waals surface area (Å²) in [6, 6.07) is 5.48. The van der Waals surface area contributed by atoms with Crippen LogP contribution in [-0.4, -0.2) is 44.1 Å². The van der Waals surface area contributed by atoms with E-state index in [0.717, 1.165) is 51.3 Å². The lowest BCUT2D eigenvalue weighted by Gasteiger charge is -2.32. The highest BCUT2D eigenvalue weighted by Crippen LogP contribution is 2.20. The van der Waals surface area contributed by atoms with E-state index in [-0.39, 0.29) is 11.0 Å². The Morgan fingerprint density at radius 2 is 1.92 bits per heavy atom. The molecule has 25 heavy (non-hydrogen) atoms. The van der Waals surface area contributed by atoms with Crippen molar-refractivity contribution in [3.63, 3.8) is 0 Å². The van der Waals surface area contributed by atoms with Crippen LogP contribution in [0.5, 0.6) is 0 Å². The standard InChI is InChI=1S/C19H29N5O/c1-19(2,3)17-5-6-18(25)24(21-17)15-16-7-11-22(12-8-16)13-14-23-10-4-9-20-23/h4-6,9-10,16H,7-8,11-15H2,1-3H3. The normalized spacial score (nSPS) is 17.1. The highest BCUT2D eigenvalue weighted by Gasteiger charge is 2.21. The second-order valence-electron chi connectivity index (χ2n) is 8.04. The van der Waals surface area contributed by atoms with Crippen LogP contribution in [0.15, 0.2) is 35.4 Å². The summed E-state index contributed by atoms with van der Waals surface area (Å²) in [5.74, 6) is 0.529. The number of likely N-dealkylation sites (tertiary alicyclic amines) is 1. The van der Waals surface area contributed by atoms with Crippen LogP contribution in [0.2, 0.25) is 0 Å². The van der Waals surface area contributed by atoms with Crippen LogP contribution in [0.25, 0.3) is 0 Å². The Morgan fingerprint density at radius 1 is 1.16 bits per heavy atom. The van der Waals surface area contributed by atoms with Crippen LogP contribution in [-0.2, 0) is 18.5 Å². The average molecular weight is 343 g/mol. The van der Waals surface area contributed by atoms with Crippen molar-refractivity contribution >= 4 is 0 Å². The maximum absolute atomic E-state index is 12.2. The van der Waals surface area contributed by atoms with E-state index in [1.165, 1.54) is 0 Å². The second kappa shape index (κ2) is 7.52. The van der Waals surface area contributed by atoms with E-state index < -0.39 is 0 Å². The third-order valence-corrected chi connectivity index (χ3v) is 4.98. The summed E-state index contributed by atoms with van der Waals surface area (Å²) in [7, 11) is 0. The molecule has 1 saturated heterocycles. The molecule has 0 bridgehead atoms. The molecule has 0 amide bonds. The number of hydrogen-bond donors (Lipinski definition) is 0. The van der Waals surface area contributed by atoms with E-state index in [1.54, 1.807) is 10.7 Å². The Morgan fingerprint density at radius 3 is 2.56 bits per heavy atom. The Labute approximate surface area is 149 Å². The first-order chi connectivity index (χ1) is 11.9. The fourth-order valence-corrected chi connectivity index (χ4v) is 3.29. The summed E-state index contributed by atoms with van der Waals surface area (Å²) in [6.45, 7) is 11.3. The minimum Gasteiger partial charge on any atom is -0.301 e. The van der Waals surface area contributed by atoms with Gasteiger partial charge >= 0.3 is 0 Å². The van der Waals surface area contributed by atoms with Crippen LogP contribution in [0.3, 0.4) is 0 Å².